The van der Waals surface area contributed by atoms with E-state index in [0.29, 0.717) is 33.8 Å². The number of hydrogen-bond donors (Lipinski definition) is 2. The van der Waals surface area contributed by atoms with E-state index >= 15 is 0 Å². The molecule has 0 radical (unpaired) electrons. The van der Waals surface area contributed by atoms with Crippen LogP contribution < -0.4 is 9.47 Å². The topological polar surface area (TPSA) is 89.1 Å². The minimum absolute atomic E-state index is 0.0568. The number of hydrogen-bond acceptors (Lipinski definition) is 5. The number of ether oxygens (including phenoxy) is 2. The fourth-order valence-electron chi connectivity index (χ4n) is 2.68. The van der Waals surface area contributed by atoms with Crippen LogP contribution in [0.4, 0.5) is 0 Å². The fraction of sp³-hybridized carbons (Fsp3) is 0.150. The molecule has 26 heavy (non-hydrogen) atoms. The van der Waals surface area contributed by atoms with Gasteiger partial charge < -0.3 is 24.1 Å². The highest BCUT2D eigenvalue weighted by molar-refractivity contribution is 5.94. The number of carboxylic acid groups (broad SMARTS) is 1. The Morgan fingerprint density at radius 1 is 1.08 bits per heavy atom. The van der Waals surface area contributed by atoms with E-state index in [9.17, 15) is 9.90 Å². The molecule has 0 unspecified atom stereocenters. The molecule has 0 saturated heterocycles. The van der Waals surface area contributed by atoms with Crippen LogP contribution in [0.5, 0.6) is 17.2 Å². The predicted octanol–water partition coefficient (Wildman–Crippen LogP) is 4.31. The van der Waals surface area contributed by atoms with Crippen LogP contribution in [0.25, 0.3) is 28.4 Å². The van der Waals surface area contributed by atoms with Gasteiger partial charge in [0.15, 0.2) is 22.8 Å². The molecular weight excluding hydrogens is 336 g/mol. The summed E-state index contributed by atoms with van der Waals surface area (Å²) in [7, 11) is 3.11. The van der Waals surface area contributed by atoms with E-state index in [1.807, 2.05) is 6.07 Å². The van der Waals surface area contributed by atoms with Crippen LogP contribution in [0.2, 0.25) is 0 Å². The Bertz CT molecular complexity index is 1010. The average Bonchev–Trinajstić information content (AvgIpc) is 3.05. The molecule has 3 rings (SSSR count). The molecule has 0 spiro atoms. The first kappa shape index (κ1) is 17.4. The lowest BCUT2D eigenvalue weighted by Gasteiger charge is -2.08. The number of aromatic hydroxyl groups is 1. The highest BCUT2D eigenvalue weighted by atomic mass is 16.5. The molecule has 6 nitrogen and oxygen atoms in total. The van der Waals surface area contributed by atoms with E-state index in [0.717, 1.165) is 5.56 Å². The zero-order chi connectivity index (χ0) is 18.8. The molecule has 0 aliphatic carbocycles. The molecule has 0 atom stereocenters. The molecule has 134 valence electrons. The maximum atomic E-state index is 11.0. The van der Waals surface area contributed by atoms with Gasteiger partial charge in [0.05, 0.1) is 14.2 Å². The van der Waals surface area contributed by atoms with Gasteiger partial charge in [-0.2, -0.15) is 0 Å². The molecule has 1 heterocycles. The SMILES string of the molecule is COc1ccc(-c2cc3cc(C=C(C)C(=O)O)cc(O)c3o2)cc1OC. The summed E-state index contributed by atoms with van der Waals surface area (Å²) in [5.41, 5.74) is 1.85. The van der Waals surface area contributed by atoms with Gasteiger partial charge in [-0.1, -0.05) is 0 Å². The van der Waals surface area contributed by atoms with E-state index in [-0.39, 0.29) is 11.3 Å². The molecule has 6 heteroatoms. The van der Waals surface area contributed by atoms with Crippen molar-refractivity contribution in [2.75, 3.05) is 14.2 Å². The third-order valence-corrected chi connectivity index (χ3v) is 4.01. The highest BCUT2D eigenvalue weighted by Crippen LogP contribution is 2.37. The molecule has 2 N–H and O–H groups in total. The van der Waals surface area contributed by atoms with Gasteiger partial charge in [0.2, 0.25) is 0 Å². The largest absolute Gasteiger partial charge is 0.504 e. The van der Waals surface area contributed by atoms with Crippen LogP contribution in [0.1, 0.15) is 12.5 Å². The quantitative estimate of drug-likeness (QED) is 0.664. The second-order valence-electron chi connectivity index (χ2n) is 5.77. The molecule has 0 aliphatic rings. The van der Waals surface area contributed by atoms with Crippen LogP contribution in [-0.4, -0.2) is 30.4 Å². The van der Waals surface area contributed by atoms with Crippen molar-refractivity contribution in [2.45, 2.75) is 6.92 Å². The molecule has 0 saturated carbocycles. The van der Waals surface area contributed by atoms with Crippen molar-refractivity contribution in [3.05, 3.63) is 47.5 Å². The van der Waals surface area contributed by atoms with Gasteiger partial charge >= 0.3 is 5.97 Å². The third-order valence-electron chi connectivity index (χ3n) is 4.01. The zero-order valence-corrected chi connectivity index (χ0v) is 14.6. The molecule has 0 fully saturated rings. The van der Waals surface area contributed by atoms with Crippen LogP contribution in [0, 0.1) is 0 Å². The summed E-state index contributed by atoms with van der Waals surface area (Å²) in [6.07, 6.45) is 1.49. The van der Waals surface area contributed by atoms with Crippen LogP contribution in [-0.2, 0) is 4.79 Å². The first-order valence-electron chi connectivity index (χ1n) is 7.83. The summed E-state index contributed by atoms with van der Waals surface area (Å²) in [4.78, 5) is 11.0. The smallest absolute Gasteiger partial charge is 0.331 e. The number of furan rings is 1. The lowest BCUT2D eigenvalue weighted by atomic mass is 10.1. The second-order valence-corrected chi connectivity index (χ2v) is 5.77. The van der Waals surface area contributed by atoms with Gasteiger partial charge in [0, 0.05) is 16.5 Å². The van der Waals surface area contributed by atoms with Crippen molar-refractivity contribution in [1.29, 1.82) is 0 Å². The Morgan fingerprint density at radius 3 is 2.46 bits per heavy atom. The first-order valence-corrected chi connectivity index (χ1v) is 7.83. The van der Waals surface area contributed by atoms with Gasteiger partial charge in [-0.15, -0.1) is 0 Å². The summed E-state index contributed by atoms with van der Waals surface area (Å²) in [6.45, 7) is 1.49. The van der Waals surface area contributed by atoms with E-state index < -0.39 is 5.97 Å². The lowest BCUT2D eigenvalue weighted by Crippen LogP contribution is -1.95. The number of carboxylic acids is 1. The third kappa shape index (κ3) is 3.21. The number of aliphatic carboxylic acids is 1. The second kappa shape index (κ2) is 6.84. The maximum Gasteiger partial charge on any atom is 0.331 e. The average molecular weight is 354 g/mol. The number of carbonyl (C=O) groups is 1. The Morgan fingerprint density at radius 2 is 1.81 bits per heavy atom. The maximum absolute atomic E-state index is 11.0. The Hall–Kier alpha value is -3.41. The summed E-state index contributed by atoms with van der Waals surface area (Å²) in [5.74, 6) is 0.649. The summed E-state index contributed by atoms with van der Waals surface area (Å²) in [6, 6.07) is 10.4. The number of phenolic OH excluding ortho intramolecular Hbond substituents is 1. The van der Waals surface area contributed by atoms with Gasteiger partial charge in [0.1, 0.15) is 5.76 Å². The summed E-state index contributed by atoms with van der Waals surface area (Å²) < 4.78 is 16.3. The normalized spacial score (nSPS) is 11.6. The molecule has 2 aromatic carbocycles. The Labute approximate surface area is 149 Å². The molecule has 0 bridgehead atoms. The van der Waals surface area contributed by atoms with Gasteiger partial charge in [0.25, 0.3) is 0 Å². The minimum atomic E-state index is -1.01. The van der Waals surface area contributed by atoms with Crippen LogP contribution in [0.3, 0.4) is 0 Å². The zero-order valence-electron chi connectivity index (χ0n) is 14.6. The molecule has 1 aromatic heterocycles. The molecule has 0 amide bonds. The summed E-state index contributed by atoms with van der Waals surface area (Å²) in [5, 5.41) is 19.9. The fourth-order valence-corrected chi connectivity index (χ4v) is 2.68. The van der Waals surface area contributed by atoms with Gasteiger partial charge in [-0.05, 0) is 55.0 Å². The van der Waals surface area contributed by atoms with Gasteiger partial charge in [-0.3, -0.25) is 0 Å². The predicted molar refractivity (Wildman–Crippen MR) is 97.7 cm³/mol. The number of methoxy groups -OCH3 is 2. The van der Waals surface area contributed by atoms with Crippen molar-refractivity contribution >= 4 is 23.0 Å². The monoisotopic (exact) mass is 354 g/mol. The van der Waals surface area contributed by atoms with Crippen molar-refractivity contribution in [3.8, 4) is 28.6 Å². The van der Waals surface area contributed by atoms with Crippen molar-refractivity contribution < 1.29 is 28.9 Å². The van der Waals surface area contributed by atoms with Crippen molar-refractivity contribution in [3.63, 3.8) is 0 Å². The van der Waals surface area contributed by atoms with Crippen LogP contribution >= 0.6 is 0 Å². The van der Waals surface area contributed by atoms with E-state index in [1.54, 1.807) is 38.5 Å². The molecule has 0 aliphatic heterocycles. The van der Waals surface area contributed by atoms with Gasteiger partial charge in [-0.25, -0.2) is 4.79 Å². The standard InChI is InChI=1S/C20H18O6/c1-11(20(22)23)6-12-7-14-10-17(26-19(14)15(21)8-12)13-4-5-16(24-2)18(9-13)25-3/h4-10,21H,1-3H3,(H,22,23). The van der Waals surface area contributed by atoms with Crippen LogP contribution in [0.15, 0.2) is 46.4 Å². The lowest BCUT2D eigenvalue weighted by molar-refractivity contribution is -0.132. The van der Waals surface area contributed by atoms with E-state index in [1.165, 1.54) is 19.1 Å². The van der Waals surface area contributed by atoms with E-state index in [2.05, 4.69) is 0 Å². The van der Waals surface area contributed by atoms with E-state index in [4.69, 9.17) is 19.0 Å². The molecular formula is C20H18O6. The molecule has 3 aromatic rings. The first-order chi connectivity index (χ1) is 12.4. The highest BCUT2D eigenvalue weighted by Gasteiger charge is 2.13. The number of benzene rings is 2. The van der Waals surface area contributed by atoms with Crippen molar-refractivity contribution in [1.82, 2.24) is 0 Å². The Balaban J connectivity index is 2.08. The van der Waals surface area contributed by atoms with Crippen molar-refractivity contribution in [2.24, 2.45) is 0 Å². The summed E-state index contributed by atoms with van der Waals surface area (Å²) >= 11 is 0. The number of phenols is 1. The minimum Gasteiger partial charge on any atom is -0.504 e. The Kier molecular flexibility index (Phi) is 4.58. The number of rotatable bonds is 5. The number of fused-ring (bicyclic) bond motifs is 1.